The summed E-state index contributed by atoms with van der Waals surface area (Å²) in [6.45, 7) is 29.5. The molecule has 27 nitrogen and oxygen atoms in total. The van der Waals surface area contributed by atoms with E-state index in [1.54, 1.807) is 68.3 Å². The lowest BCUT2D eigenvalue weighted by atomic mass is 9.94. The van der Waals surface area contributed by atoms with Crippen molar-refractivity contribution in [3.8, 4) is 11.5 Å². The third-order valence-corrected chi connectivity index (χ3v) is 28.5. The molecular formula is C106H114Br2Cl2N14O13. The van der Waals surface area contributed by atoms with E-state index in [1.807, 2.05) is 155 Å². The van der Waals surface area contributed by atoms with Crippen molar-refractivity contribution in [2.75, 3.05) is 100 Å². The number of Topliss-reactive ketones (excluding diaryl/α,β-unsaturated/α-hetero) is 1. The Hall–Kier alpha value is -12.8. The van der Waals surface area contributed by atoms with E-state index in [2.05, 4.69) is 98.5 Å². The minimum absolute atomic E-state index is 0.0124. The minimum Gasteiger partial charge on any atom is -0.496 e. The van der Waals surface area contributed by atoms with Crippen LogP contribution in [0.2, 0.25) is 10.0 Å². The first-order valence-electron chi connectivity index (χ1n) is 46.2. The third-order valence-electron chi connectivity index (χ3n) is 27.1. The van der Waals surface area contributed by atoms with Crippen molar-refractivity contribution in [3.05, 3.63) is 282 Å². The predicted octanol–water partition coefficient (Wildman–Crippen LogP) is 15.0. The van der Waals surface area contributed by atoms with Crippen LogP contribution in [0.4, 0.5) is 0 Å². The van der Waals surface area contributed by atoms with Crippen molar-refractivity contribution in [3.63, 3.8) is 0 Å². The molecule has 11 aromatic rings. The quantitative estimate of drug-likeness (QED) is 0.0454. The van der Waals surface area contributed by atoms with Crippen molar-refractivity contribution in [2.45, 2.75) is 136 Å². The molecule has 0 bridgehead atoms. The van der Waals surface area contributed by atoms with Crippen molar-refractivity contribution in [1.82, 2.24) is 68.1 Å². The highest BCUT2D eigenvalue weighted by Gasteiger charge is 2.42. The number of nitrogens with zero attached hydrogens (tertiary/aromatic N) is 12. The van der Waals surface area contributed by atoms with E-state index in [1.165, 1.54) is 24.3 Å². The Morgan fingerprint density at radius 1 is 0.518 bits per heavy atom. The molecule has 0 radical (unpaired) electrons. The molecule has 4 aromatic heterocycles. The van der Waals surface area contributed by atoms with Crippen LogP contribution < -0.4 is 20.1 Å². The fourth-order valence-electron chi connectivity index (χ4n) is 19.6. The number of likely N-dealkylation sites (N-methyl/N-ethyl adjacent to an activating group) is 2. The number of methoxy groups -OCH3 is 2. The predicted molar refractivity (Wildman–Crippen MR) is 539 cm³/mol. The van der Waals surface area contributed by atoms with Gasteiger partial charge in [0, 0.05) is 192 Å². The van der Waals surface area contributed by atoms with Crippen LogP contribution in [0.1, 0.15) is 119 Å². The number of nitrogens with one attached hydrogen (secondary N) is 2. The molecule has 137 heavy (non-hydrogen) atoms. The number of hydrogen-bond donors (Lipinski definition) is 2. The van der Waals surface area contributed by atoms with Crippen LogP contribution in [0, 0.1) is 26.7 Å². The maximum absolute atomic E-state index is 14.4. The molecule has 7 aliphatic rings. The average molecular weight is 2020 g/mol. The molecule has 10 heterocycles. The molecule has 0 atom stereocenters. The molecule has 18 rings (SSSR count). The van der Waals surface area contributed by atoms with Gasteiger partial charge in [0.15, 0.2) is 5.78 Å². The first-order chi connectivity index (χ1) is 65.8. The van der Waals surface area contributed by atoms with Gasteiger partial charge in [-0.05, 0) is 196 Å². The van der Waals surface area contributed by atoms with E-state index >= 15 is 0 Å². The lowest BCUT2D eigenvalue weighted by Crippen LogP contribution is -2.61. The molecule has 7 aromatic carbocycles. The van der Waals surface area contributed by atoms with Gasteiger partial charge < -0.3 is 77.6 Å². The summed E-state index contributed by atoms with van der Waals surface area (Å²) in [6, 6.07) is 42.9. The molecule has 2 N–H and O–H groups in total. The highest BCUT2D eigenvalue weighted by atomic mass is 79.9. The van der Waals surface area contributed by atoms with Crippen molar-refractivity contribution >= 4 is 164 Å². The zero-order valence-electron chi connectivity index (χ0n) is 78.5. The van der Waals surface area contributed by atoms with E-state index in [9.17, 15) is 52.7 Å². The zero-order chi connectivity index (χ0) is 97.6. The summed E-state index contributed by atoms with van der Waals surface area (Å²) in [5.74, 6) is 1.34. The molecule has 1 saturated carbocycles. The summed E-state index contributed by atoms with van der Waals surface area (Å²) in [6.07, 6.45) is 12.4. The first-order valence-corrected chi connectivity index (χ1v) is 48.5. The van der Waals surface area contributed by atoms with Crippen LogP contribution in [-0.2, 0) is 103 Å². The van der Waals surface area contributed by atoms with E-state index in [0.29, 0.717) is 138 Å². The second-order valence-electron chi connectivity index (χ2n) is 36.2. The summed E-state index contributed by atoms with van der Waals surface area (Å²) in [4.78, 5) is 154. The maximum atomic E-state index is 14.4. The Balaban J connectivity index is 0.000000141. The SMILES string of the molecule is C=CC(=O)N1CC(CC(=O)Cn2ccc3cc(Br)cc(C)c32)C1.C=CC(=O)N1CC(N(C)C(=O)Cn2c(C3CC3)c(C(=O)N3CCc4c(cccc4OC)C3)c3cc(Cl)cc(C)c32)C1.C=CC(=O)N1CC(N(C)C(=O)Cn2c(CC)c(C(=O)N3CCc4c(cccc4OC)C3)c3cc(Cl)cc(C)c32)C1.C=CC(=O)N1CC(NC(=O)Cn2c(C(=O)NCCc3ccccc3)cc3cc(Br)ccc32)C1. The third kappa shape index (κ3) is 21.5. The largest absolute Gasteiger partial charge is 0.496 e. The number of fused-ring (bicyclic) bond motifs is 6. The summed E-state index contributed by atoms with van der Waals surface area (Å²) in [7, 11) is 6.91. The van der Waals surface area contributed by atoms with Crippen molar-refractivity contribution in [1.29, 1.82) is 0 Å². The number of rotatable bonds is 27. The minimum atomic E-state index is -0.225. The van der Waals surface area contributed by atoms with E-state index in [0.717, 1.165) is 146 Å². The van der Waals surface area contributed by atoms with Crippen LogP contribution in [-0.4, -0.2) is 241 Å². The van der Waals surface area contributed by atoms with Gasteiger partial charge in [-0.3, -0.25) is 52.7 Å². The fraction of sp³-hybridized carbons (Fsp3) is 0.349. The van der Waals surface area contributed by atoms with Gasteiger partial charge in [-0.1, -0.05) is 143 Å². The standard InChI is InChI=1S/C32H35ClN4O4.C31H35ClN4O4.C25H25BrN4O3.C18H19BrN2O2/c1-5-27(38)36-16-23(17-36)34(3)28(39)18-37-30-19(2)13-22(33)14-25(30)29(31(37)20-9-10-20)32(40)35-12-11-24-21(15-35)7-6-8-26(24)41-4;1-6-25-29(31(39)34-12-11-23-20(15-34)9-8-10-26(23)40-5)24-14-21(32)13-19(3)30(24)36(25)18-28(38)33(4)22-16-35(17-22)27(37)7-2;1-2-24(32)29-14-20(15-29)28-23(31)16-30-21-9-8-19(26)12-18(21)13-22(30)25(33)27-11-10-17-6-4-3-5-7-17;1-3-17(23)21-9-13(10-21)7-16(22)11-20-5-4-14-8-15(19)6-12(2)18(14)20/h5-8,13-14,20,23H,1,9-12,15-18H2,2-4H3;7-10,13-14,22H,2,6,11-12,15-18H2,1,3-5H3;2-9,12-13,20H,1,10-11,14-16H2,(H,27,33)(H,28,31);3-6,8,13H,1,7,9-11H2,2H3. The smallest absolute Gasteiger partial charge is 0.267 e. The topological polar surface area (TPSA) is 276 Å². The molecule has 1 aliphatic carbocycles. The number of likely N-dealkylation sites (tertiary alicyclic amines) is 4. The Bertz CT molecular complexity index is 6640. The number of benzene rings is 7. The average Bonchev–Trinajstić information content (AvgIpc) is 1.57. The number of ketones is 1. The van der Waals surface area contributed by atoms with Gasteiger partial charge in [-0.2, -0.15) is 0 Å². The number of ether oxygens (including phenoxy) is 2. The van der Waals surface area contributed by atoms with Gasteiger partial charge in [-0.25, -0.2) is 0 Å². The summed E-state index contributed by atoms with van der Waals surface area (Å²) in [5, 5.41) is 10.6. The number of aromatic nitrogens is 4. The van der Waals surface area contributed by atoms with Crippen molar-refractivity contribution < 1.29 is 62.2 Å². The van der Waals surface area contributed by atoms with Crippen molar-refractivity contribution in [2.24, 2.45) is 5.92 Å². The molecule has 0 unspecified atom stereocenters. The number of carbonyl (C=O) groups is 11. The maximum Gasteiger partial charge on any atom is 0.267 e. The zero-order valence-corrected chi connectivity index (χ0v) is 83.1. The number of halogens is 4. The number of amides is 10. The Labute approximate surface area is 823 Å². The van der Waals surface area contributed by atoms with Gasteiger partial charge in [0.25, 0.3) is 17.7 Å². The number of carbonyl (C=O) groups excluding carboxylic acids is 11. The van der Waals surface area contributed by atoms with Crippen LogP contribution >= 0.6 is 55.1 Å². The van der Waals surface area contributed by atoms with Crippen LogP contribution in [0.5, 0.6) is 11.5 Å². The highest BCUT2D eigenvalue weighted by molar-refractivity contribution is 9.10. The molecular weight excluding hydrogens is 1910 g/mol. The Kier molecular flexibility index (Phi) is 30.9. The van der Waals surface area contributed by atoms with Gasteiger partial charge >= 0.3 is 0 Å². The monoisotopic (exact) mass is 2020 g/mol. The lowest BCUT2D eigenvalue weighted by Gasteiger charge is -2.43. The van der Waals surface area contributed by atoms with Gasteiger partial charge in [-0.15, -0.1) is 0 Å². The van der Waals surface area contributed by atoms with Gasteiger partial charge in [0.1, 0.15) is 36.8 Å². The van der Waals surface area contributed by atoms with Crippen LogP contribution in [0.15, 0.2) is 199 Å². The molecule has 6 aliphatic heterocycles. The summed E-state index contributed by atoms with van der Waals surface area (Å²) >= 11 is 20.0. The number of hydrogen-bond acceptors (Lipinski definition) is 13. The first kappa shape index (κ1) is 98.7. The molecule has 714 valence electrons. The molecule has 31 heteroatoms. The second-order valence-corrected chi connectivity index (χ2v) is 38.9. The normalized spacial score (nSPS) is 15.1. The van der Waals surface area contributed by atoms with Gasteiger partial charge in [0.2, 0.25) is 41.4 Å². The molecule has 0 spiro atoms. The van der Waals surface area contributed by atoms with Gasteiger partial charge in [0.05, 0.1) is 66.6 Å². The Morgan fingerprint density at radius 3 is 1.55 bits per heavy atom. The van der Waals surface area contributed by atoms with Crippen LogP contribution in [0.3, 0.4) is 0 Å². The van der Waals surface area contributed by atoms with E-state index < -0.39 is 0 Å². The summed E-state index contributed by atoms with van der Waals surface area (Å²) in [5.41, 5.74) is 15.7. The highest BCUT2D eigenvalue weighted by Crippen LogP contribution is 2.48. The van der Waals surface area contributed by atoms with E-state index in [4.69, 9.17) is 32.7 Å². The van der Waals surface area contributed by atoms with Crippen LogP contribution in [0.25, 0.3) is 43.6 Å². The number of aryl methyl sites for hydroxylation is 3. The molecule has 10 amide bonds. The molecule has 5 fully saturated rings. The second kappa shape index (κ2) is 42.8. The summed E-state index contributed by atoms with van der Waals surface area (Å²) < 4.78 is 20.9. The Morgan fingerprint density at radius 2 is 1.02 bits per heavy atom. The van der Waals surface area contributed by atoms with E-state index in [-0.39, 0.29) is 114 Å². The fourth-order valence-corrected chi connectivity index (χ4v) is 21.2. The molecule has 4 saturated heterocycles. The lowest BCUT2D eigenvalue weighted by molar-refractivity contribution is -0.142.